The number of allylic oxidation sites excluding steroid dienone is 1. The summed E-state index contributed by atoms with van der Waals surface area (Å²) in [6.07, 6.45) is 2.02. The minimum Gasteiger partial charge on any atom is -0.395 e. The first kappa shape index (κ1) is 22.9. The Labute approximate surface area is 161 Å². The second-order valence-electron chi connectivity index (χ2n) is 6.99. The fourth-order valence-electron chi connectivity index (χ4n) is 2.76. The summed E-state index contributed by atoms with van der Waals surface area (Å²) >= 11 is 0. The lowest BCUT2D eigenvalue weighted by atomic mass is 9.97. The maximum absolute atomic E-state index is 12.8. The van der Waals surface area contributed by atoms with E-state index < -0.39 is 5.92 Å². The largest absolute Gasteiger partial charge is 0.395 e. The number of amides is 2. The summed E-state index contributed by atoms with van der Waals surface area (Å²) in [5, 5.41) is 21.5. The Morgan fingerprint density at radius 2 is 1.89 bits per heavy atom. The van der Waals surface area contributed by atoms with Crippen molar-refractivity contribution in [3.63, 3.8) is 0 Å². The van der Waals surface area contributed by atoms with E-state index in [4.69, 9.17) is 0 Å². The predicted molar refractivity (Wildman–Crippen MR) is 106 cm³/mol. The second-order valence-corrected chi connectivity index (χ2v) is 6.99. The maximum atomic E-state index is 12.8. The van der Waals surface area contributed by atoms with Crippen LogP contribution in [0.3, 0.4) is 0 Å². The summed E-state index contributed by atoms with van der Waals surface area (Å²) in [4.78, 5) is 26.9. The van der Waals surface area contributed by atoms with Gasteiger partial charge in [-0.15, -0.1) is 6.58 Å². The summed E-state index contributed by atoms with van der Waals surface area (Å²) in [6, 6.07) is 9.17. The number of aliphatic hydroxyl groups is 2. The molecule has 0 radical (unpaired) electrons. The van der Waals surface area contributed by atoms with Crippen molar-refractivity contribution in [2.24, 2.45) is 11.8 Å². The Morgan fingerprint density at radius 3 is 2.41 bits per heavy atom. The first-order chi connectivity index (χ1) is 12.9. The minimum absolute atomic E-state index is 0.0287. The highest BCUT2D eigenvalue weighted by atomic mass is 16.3. The van der Waals surface area contributed by atoms with Gasteiger partial charge in [-0.2, -0.15) is 0 Å². The van der Waals surface area contributed by atoms with Crippen LogP contribution in [0.2, 0.25) is 0 Å². The molecule has 0 aromatic heterocycles. The average Bonchev–Trinajstić information content (AvgIpc) is 2.65. The first-order valence-corrected chi connectivity index (χ1v) is 9.37. The molecule has 0 aliphatic heterocycles. The molecule has 0 aliphatic rings. The molecule has 2 unspecified atom stereocenters. The van der Waals surface area contributed by atoms with E-state index in [1.807, 2.05) is 44.2 Å². The van der Waals surface area contributed by atoms with Crippen molar-refractivity contribution in [1.29, 1.82) is 0 Å². The van der Waals surface area contributed by atoms with Gasteiger partial charge in [0.25, 0.3) is 0 Å². The van der Waals surface area contributed by atoms with Crippen LogP contribution in [-0.4, -0.2) is 52.7 Å². The Hall–Kier alpha value is -2.18. The molecule has 1 aromatic rings. The number of rotatable bonds is 12. The van der Waals surface area contributed by atoms with Gasteiger partial charge in [-0.05, 0) is 17.9 Å². The Balaban J connectivity index is 2.80. The van der Waals surface area contributed by atoms with E-state index in [0.717, 1.165) is 5.56 Å². The molecule has 0 fully saturated rings. The molecule has 1 rings (SSSR count). The van der Waals surface area contributed by atoms with Crippen LogP contribution in [-0.2, 0) is 16.1 Å². The number of hydrogen-bond acceptors (Lipinski definition) is 4. The zero-order valence-corrected chi connectivity index (χ0v) is 16.3. The van der Waals surface area contributed by atoms with E-state index in [1.165, 1.54) is 0 Å². The van der Waals surface area contributed by atoms with Crippen molar-refractivity contribution in [3.05, 3.63) is 48.6 Å². The summed E-state index contributed by atoms with van der Waals surface area (Å²) in [7, 11) is 0. The number of nitrogens with one attached hydrogen (secondary N) is 1. The minimum atomic E-state index is -0.556. The Bertz CT molecular complexity index is 589. The van der Waals surface area contributed by atoms with Gasteiger partial charge in [-0.1, -0.05) is 50.3 Å². The quantitative estimate of drug-likeness (QED) is 0.485. The van der Waals surface area contributed by atoms with Crippen molar-refractivity contribution in [2.75, 3.05) is 19.8 Å². The van der Waals surface area contributed by atoms with Gasteiger partial charge in [0.2, 0.25) is 11.8 Å². The molecular weight excluding hydrogens is 344 g/mol. The van der Waals surface area contributed by atoms with Crippen molar-refractivity contribution in [1.82, 2.24) is 10.2 Å². The molecule has 6 nitrogen and oxygen atoms in total. The van der Waals surface area contributed by atoms with Crippen molar-refractivity contribution in [3.8, 4) is 0 Å². The predicted octanol–water partition coefficient (Wildman–Crippen LogP) is 1.72. The summed E-state index contributed by atoms with van der Waals surface area (Å²) in [6.45, 7) is 7.81. The van der Waals surface area contributed by atoms with E-state index in [2.05, 4.69) is 11.9 Å². The first-order valence-electron chi connectivity index (χ1n) is 9.37. The highest BCUT2D eigenvalue weighted by Crippen LogP contribution is 2.15. The van der Waals surface area contributed by atoms with Gasteiger partial charge in [0.05, 0.1) is 25.2 Å². The van der Waals surface area contributed by atoms with Gasteiger partial charge in [-0.3, -0.25) is 9.59 Å². The molecule has 0 aliphatic carbocycles. The van der Waals surface area contributed by atoms with E-state index in [-0.39, 0.29) is 50.0 Å². The van der Waals surface area contributed by atoms with Crippen LogP contribution in [0, 0.1) is 11.8 Å². The normalized spacial score (nSPS) is 13.1. The molecule has 27 heavy (non-hydrogen) atoms. The molecule has 150 valence electrons. The Morgan fingerprint density at radius 1 is 1.22 bits per heavy atom. The standard InChI is InChI=1S/C21H32N2O4/c1-4-8-18(21(27)22-19(15-25)16(2)3)13-20(26)23(11-12-24)14-17-9-6-5-7-10-17/h4-7,9-10,16,18-19,24-25H,1,8,11-15H2,2-3H3,(H,22,27). The highest BCUT2D eigenvalue weighted by molar-refractivity contribution is 5.86. The second kappa shape index (κ2) is 12.3. The lowest BCUT2D eigenvalue weighted by Gasteiger charge is -2.26. The fraction of sp³-hybridized carbons (Fsp3) is 0.524. The topological polar surface area (TPSA) is 89.9 Å². The van der Waals surface area contributed by atoms with Gasteiger partial charge in [0, 0.05) is 19.5 Å². The number of aliphatic hydroxyl groups excluding tert-OH is 2. The lowest BCUT2D eigenvalue weighted by molar-refractivity contribution is -0.137. The molecule has 0 heterocycles. The van der Waals surface area contributed by atoms with Gasteiger partial charge in [-0.25, -0.2) is 0 Å². The van der Waals surface area contributed by atoms with Gasteiger partial charge in [0.1, 0.15) is 0 Å². The van der Waals surface area contributed by atoms with Crippen LogP contribution in [0.5, 0.6) is 0 Å². The molecule has 6 heteroatoms. The Kier molecular flexibility index (Phi) is 10.4. The number of carbonyl (C=O) groups excluding carboxylic acids is 2. The number of hydrogen-bond donors (Lipinski definition) is 3. The van der Waals surface area contributed by atoms with Gasteiger partial charge < -0.3 is 20.4 Å². The molecular formula is C21H32N2O4. The van der Waals surface area contributed by atoms with Crippen LogP contribution >= 0.6 is 0 Å². The smallest absolute Gasteiger partial charge is 0.224 e. The summed E-state index contributed by atoms with van der Waals surface area (Å²) in [5.41, 5.74) is 0.962. The molecule has 0 saturated heterocycles. The molecule has 1 aromatic carbocycles. The SMILES string of the molecule is C=CCC(CC(=O)N(CCO)Cc1ccccc1)C(=O)NC(CO)C(C)C. The van der Waals surface area contributed by atoms with Crippen LogP contribution in [0.1, 0.15) is 32.3 Å². The van der Waals surface area contributed by atoms with Crippen molar-refractivity contribution < 1.29 is 19.8 Å². The molecule has 0 bridgehead atoms. The van der Waals surface area contributed by atoms with E-state index in [0.29, 0.717) is 13.0 Å². The van der Waals surface area contributed by atoms with Crippen molar-refractivity contribution in [2.45, 2.75) is 39.3 Å². The zero-order valence-electron chi connectivity index (χ0n) is 16.3. The number of benzene rings is 1. The third-order valence-electron chi connectivity index (χ3n) is 4.51. The number of nitrogens with zero attached hydrogens (tertiary/aromatic N) is 1. The molecule has 0 saturated carbocycles. The van der Waals surface area contributed by atoms with Crippen LogP contribution < -0.4 is 5.32 Å². The maximum Gasteiger partial charge on any atom is 0.224 e. The van der Waals surface area contributed by atoms with Crippen LogP contribution in [0.25, 0.3) is 0 Å². The zero-order chi connectivity index (χ0) is 20.2. The van der Waals surface area contributed by atoms with Crippen molar-refractivity contribution >= 4 is 11.8 Å². The van der Waals surface area contributed by atoms with Crippen LogP contribution in [0.15, 0.2) is 43.0 Å². The van der Waals surface area contributed by atoms with E-state index in [1.54, 1.807) is 11.0 Å². The average molecular weight is 376 g/mol. The van der Waals surface area contributed by atoms with Crippen LogP contribution in [0.4, 0.5) is 0 Å². The molecule has 0 spiro atoms. The number of carbonyl (C=O) groups is 2. The lowest BCUT2D eigenvalue weighted by Crippen LogP contribution is -2.45. The fourth-order valence-corrected chi connectivity index (χ4v) is 2.76. The molecule has 3 N–H and O–H groups in total. The third kappa shape index (κ3) is 7.93. The van der Waals surface area contributed by atoms with Gasteiger partial charge >= 0.3 is 0 Å². The monoisotopic (exact) mass is 376 g/mol. The highest BCUT2D eigenvalue weighted by Gasteiger charge is 2.26. The van der Waals surface area contributed by atoms with Gasteiger partial charge in [0.15, 0.2) is 0 Å². The molecule has 2 amide bonds. The molecule has 2 atom stereocenters. The summed E-state index contributed by atoms with van der Waals surface area (Å²) < 4.78 is 0. The third-order valence-corrected chi connectivity index (χ3v) is 4.51. The van der Waals surface area contributed by atoms with E-state index >= 15 is 0 Å². The van der Waals surface area contributed by atoms with E-state index in [9.17, 15) is 19.8 Å². The summed E-state index contributed by atoms with van der Waals surface area (Å²) in [5.74, 6) is -0.928.